The second kappa shape index (κ2) is 8.02. The number of amides is 2. The minimum Gasteiger partial charge on any atom is -0.508 e. The average Bonchev–Trinajstić information content (AvgIpc) is 3.01. The van der Waals surface area contributed by atoms with Crippen LogP contribution in [-0.4, -0.2) is 60.6 Å². The molecule has 0 spiro atoms. The lowest BCUT2D eigenvalue weighted by molar-refractivity contribution is -0.915. The first-order chi connectivity index (χ1) is 13.6. The van der Waals surface area contributed by atoms with Gasteiger partial charge < -0.3 is 14.9 Å². The number of aromatic hydroxyl groups is 1. The first kappa shape index (κ1) is 18.5. The number of carbonyl (C=O) groups excluding carboxylic acids is 2. The molecule has 0 bridgehead atoms. The second-order valence-corrected chi connectivity index (χ2v) is 7.54. The van der Waals surface area contributed by atoms with Crippen LogP contribution < -0.4 is 9.80 Å². The van der Waals surface area contributed by atoms with Crippen LogP contribution in [0.1, 0.15) is 12.0 Å². The van der Waals surface area contributed by atoms with Crippen molar-refractivity contribution >= 4 is 17.5 Å². The van der Waals surface area contributed by atoms with E-state index in [4.69, 9.17) is 0 Å². The lowest BCUT2D eigenvalue weighted by Crippen LogP contribution is -3.19. The van der Waals surface area contributed by atoms with Crippen LogP contribution in [0.3, 0.4) is 0 Å². The maximum Gasteiger partial charge on any atom is 0.288 e. The Hall–Kier alpha value is -2.86. The lowest BCUT2D eigenvalue weighted by atomic mass is 10.1. The summed E-state index contributed by atoms with van der Waals surface area (Å²) in [6.07, 6.45) is 1.02. The van der Waals surface area contributed by atoms with Crippen LogP contribution >= 0.6 is 0 Å². The lowest BCUT2D eigenvalue weighted by Gasteiger charge is -2.35. The summed E-state index contributed by atoms with van der Waals surface area (Å²) in [5.74, 6) is 0.201. The van der Waals surface area contributed by atoms with Gasteiger partial charge >= 0.3 is 0 Å². The average molecular weight is 380 g/mol. The van der Waals surface area contributed by atoms with Gasteiger partial charge in [0, 0.05) is 12.2 Å². The van der Waals surface area contributed by atoms with E-state index in [0.717, 1.165) is 37.4 Å². The fourth-order valence-corrected chi connectivity index (χ4v) is 4.19. The summed E-state index contributed by atoms with van der Waals surface area (Å²) in [5, 5.41) is 9.44. The Morgan fingerprint density at radius 3 is 2.32 bits per heavy atom. The molecule has 2 saturated heterocycles. The smallest absolute Gasteiger partial charge is 0.288 e. The van der Waals surface area contributed by atoms with Gasteiger partial charge in [0.2, 0.25) is 5.91 Å². The molecule has 2 aliphatic rings. The Balaban J connectivity index is 1.33. The summed E-state index contributed by atoms with van der Waals surface area (Å²) in [6, 6.07) is 16.9. The number of imide groups is 1. The zero-order valence-electron chi connectivity index (χ0n) is 15.9. The number of quaternary nitrogens is 1. The van der Waals surface area contributed by atoms with Crippen LogP contribution in [-0.2, 0) is 16.0 Å². The fourth-order valence-electron chi connectivity index (χ4n) is 4.19. The van der Waals surface area contributed by atoms with Gasteiger partial charge in [0.1, 0.15) is 5.75 Å². The third-order valence-electron chi connectivity index (χ3n) is 5.82. The van der Waals surface area contributed by atoms with E-state index in [0.29, 0.717) is 19.4 Å². The number of benzene rings is 2. The molecule has 2 fully saturated rings. The van der Waals surface area contributed by atoms with Crippen molar-refractivity contribution in [2.24, 2.45) is 0 Å². The van der Waals surface area contributed by atoms with Crippen molar-refractivity contribution < 1.29 is 19.6 Å². The van der Waals surface area contributed by atoms with Crippen molar-refractivity contribution in [3.63, 3.8) is 0 Å². The van der Waals surface area contributed by atoms with Gasteiger partial charge in [-0.1, -0.05) is 30.3 Å². The second-order valence-electron chi connectivity index (χ2n) is 7.54. The Morgan fingerprint density at radius 2 is 1.64 bits per heavy atom. The van der Waals surface area contributed by atoms with Gasteiger partial charge in [-0.05, 0) is 36.2 Å². The van der Waals surface area contributed by atoms with Gasteiger partial charge in [0.25, 0.3) is 5.91 Å². The molecule has 4 rings (SSSR count). The normalized spacial score (nSPS) is 20.8. The minimum absolute atomic E-state index is 0.0194. The van der Waals surface area contributed by atoms with Gasteiger partial charge in [-0.15, -0.1) is 0 Å². The molecular formula is C22H26N3O3+. The summed E-state index contributed by atoms with van der Waals surface area (Å²) in [6.45, 7) is 3.80. The number of phenolic OH excluding ortho intramolecular Hbond substituents is 1. The summed E-state index contributed by atoms with van der Waals surface area (Å²) < 4.78 is 0. The summed E-state index contributed by atoms with van der Waals surface area (Å²) >= 11 is 0. The largest absolute Gasteiger partial charge is 0.508 e. The third-order valence-corrected chi connectivity index (χ3v) is 5.82. The Morgan fingerprint density at radius 1 is 0.964 bits per heavy atom. The quantitative estimate of drug-likeness (QED) is 0.740. The molecule has 6 nitrogen and oxygen atoms in total. The highest BCUT2D eigenvalue weighted by Crippen LogP contribution is 2.19. The SMILES string of the molecule is O=C1C[C@H]([NH+]2CCN(c3ccc(O)cc3)CC2)C(=O)N1CCc1ccccc1. The number of rotatable bonds is 5. The number of carbonyl (C=O) groups is 2. The van der Waals surface area contributed by atoms with Crippen LogP contribution in [0.4, 0.5) is 5.69 Å². The van der Waals surface area contributed by atoms with Crippen molar-refractivity contribution in [1.82, 2.24) is 4.90 Å². The van der Waals surface area contributed by atoms with Crippen molar-refractivity contribution in [1.29, 1.82) is 0 Å². The molecule has 0 saturated carbocycles. The highest BCUT2D eigenvalue weighted by molar-refractivity contribution is 6.04. The first-order valence-electron chi connectivity index (χ1n) is 9.88. The van der Waals surface area contributed by atoms with Crippen molar-refractivity contribution in [3.05, 3.63) is 60.2 Å². The van der Waals surface area contributed by atoms with E-state index >= 15 is 0 Å². The highest BCUT2D eigenvalue weighted by atomic mass is 16.3. The monoisotopic (exact) mass is 380 g/mol. The van der Waals surface area contributed by atoms with E-state index in [1.807, 2.05) is 42.5 Å². The zero-order chi connectivity index (χ0) is 19.5. The maximum atomic E-state index is 12.9. The van der Waals surface area contributed by atoms with Gasteiger partial charge in [0.05, 0.1) is 32.6 Å². The van der Waals surface area contributed by atoms with Crippen LogP contribution in [0.2, 0.25) is 0 Å². The van der Waals surface area contributed by atoms with E-state index in [-0.39, 0.29) is 23.6 Å². The predicted molar refractivity (Wildman–Crippen MR) is 106 cm³/mol. The molecular weight excluding hydrogens is 354 g/mol. The molecule has 2 aliphatic heterocycles. The van der Waals surface area contributed by atoms with Gasteiger partial charge in [-0.3, -0.25) is 14.5 Å². The molecule has 2 heterocycles. The van der Waals surface area contributed by atoms with E-state index in [2.05, 4.69) is 4.90 Å². The number of anilines is 1. The number of hydrogen-bond donors (Lipinski definition) is 2. The van der Waals surface area contributed by atoms with E-state index in [1.165, 1.54) is 9.80 Å². The van der Waals surface area contributed by atoms with Crippen molar-refractivity contribution in [2.75, 3.05) is 37.6 Å². The Labute approximate surface area is 165 Å². The van der Waals surface area contributed by atoms with E-state index < -0.39 is 0 Å². The third kappa shape index (κ3) is 3.87. The number of hydrogen-bond acceptors (Lipinski definition) is 4. The van der Waals surface area contributed by atoms with Crippen LogP contribution in [0.25, 0.3) is 0 Å². The standard InChI is InChI=1S/C22H25N3O3/c26-19-8-6-18(7-9-19)23-12-14-24(15-13-23)20-16-21(27)25(22(20)28)11-10-17-4-2-1-3-5-17/h1-9,20,26H,10-16H2/p+1/t20-/m0/s1. The summed E-state index contributed by atoms with van der Waals surface area (Å²) in [7, 11) is 0. The zero-order valence-corrected chi connectivity index (χ0v) is 15.9. The molecule has 6 heteroatoms. The van der Waals surface area contributed by atoms with E-state index in [9.17, 15) is 14.7 Å². The van der Waals surface area contributed by atoms with Gasteiger partial charge in [-0.2, -0.15) is 0 Å². The fraction of sp³-hybridized carbons (Fsp3) is 0.364. The summed E-state index contributed by atoms with van der Waals surface area (Å²) in [4.78, 5) is 30.2. The molecule has 0 radical (unpaired) electrons. The number of phenols is 1. The molecule has 0 aliphatic carbocycles. The van der Waals surface area contributed by atoms with Gasteiger partial charge in [0.15, 0.2) is 6.04 Å². The van der Waals surface area contributed by atoms with Crippen molar-refractivity contribution in [2.45, 2.75) is 18.9 Å². The molecule has 146 valence electrons. The Kier molecular flexibility index (Phi) is 5.30. The maximum absolute atomic E-state index is 12.9. The van der Waals surface area contributed by atoms with Crippen molar-refractivity contribution in [3.8, 4) is 5.75 Å². The highest BCUT2D eigenvalue weighted by Gasteiger charge is 2.45. The van der Waals surface area contributed by atoms with Crippen LogP contribution in [0.15, 0.2) is 54.6 Å². The number of nitrogens with one attached hydrogen (secondary N) is 1. The van der Waals surface area contributed by atoms with E-state index in [1.54, 1.807) is 12.1 Å². The molecule has 0 unspecified atom stereocenters. The van der Waals surface area contributed by atoms with Crippen LogP contribution in [0.5, 0.6) is 5.75 Å². The van der Waals surface area contributed by atoms with Gasteiger partial charge in [-0.25, -0.2) is 0 Å². The predicted octanol–water partition coefficient (Wildman–Crippen LogP) is 0.467. The molecule has 2 aromatic rings. The Bertz CT molecular complexity index is 830. The number of likely N-dealkylation sites (tertiary alicyclic amines) is 1. The first-order valence-corrected chi connectivity index (χ1v) is 9.88. The number of nitrogens with zero attached hydrogens (tertiary/aromatic N) is 2. The number of piperazine rings is 1. The minimum atomic E-state index is -0.245. The van der Waals surface area contributed by atoms with Crippen LogP contribution in [0, 0.1) is 0 Å². The molecule has 2 amide bonds. The topological polar surface area (TPSA) is 65.3 Å². The molecule has 28 heavy (non-hydrogen) atoms. The molecule has 0 aromatic heterocycles. The summed E-state index contributed by atoms with van der Waals surface area (Å²) in [5.41, 5.74) is 2.22. The molecule has 2 N–H and O–H groups in total. The molecule has 2 aromatic carbocycles. The molecule has 1 atom stereocenters.